The van der Waals surface area contributed by atoms with E-state index in [4.69, 9.17) is 10.2 Å². The quantitative estimate of drug-likeness (QED) is 0.632. The third-order valence-electron chi connectivity index (χ3n) is 3.07. The maximum absolute atomic E-state index is 11.8. The molecule has 2 rings (SSSR count). The van der Waals surface area contributed by atoms with Crippen molar-refractivity contribution < 1.29 is 9.21 Å². The van der Waals surface area contributed by atoms with Crippen molar-refractivity contribution in [3.63, 3.8) is 0 Å². The van der Waals surface area contributed by atoms with Gasteiger partial charge in [-0.2, -0.15) is 0 Å². The number of amides is 1. The van der Waals surface area contributed by atoms with Gasteiger partial charge in [-0.3, -0.25) is 4.79 Å². The lowest BCUT2D eigenvalue weighted by molar-refractivity contribution is -0.119. The second-order valence-electron chi connectivity index (χ2n) is 4.58. The van der Waals surface area contributed by atoms with Gasteiger partial charge in [-0.05, 0) is 31.0 Å². The minimum Gasteiger partial charge on any atom is -0.431 e. The van der Waals surface area contributed by atoms with E-state index in [1.807, 2.05) is 0 Å². The minimum absolute atomic E-state index is 0.00506. The van der Waals surface area contributed by atoms with Crippen LogP contribution in [-0.2, 0) is 4.79 Å². The highest BCUT2D eigenvalue weighted by Crippen LogP contribution is 2.24. The molecule has 3 N–H and O–H groups in total. The zero-order chi connectivity index (χ0) is 14.5. The molecule has 0 aliphatic rings. The second-order valence-corrected chi connectivity index (χ2v) is 5.50. The maximum atomic E-state index is 11.8. The Balaban J connectivity index is 1.93. The van der Waals surface area contributed by atoms with Gasteiger partial charge in [-0.25, -0.2) is 4.98 Å². The van der Waals surface area contributed by atoms with Crippen molar-refractivity contribution in [2.45, 2.75) is 38.0 Å². The number of carbonyl (C=O) groups excluding carboxylic acids is 1. The van der Waals surface area contributed by atoms with E-state index in [9.17, 15) is 4.79 Å². The van der Waals surface area contributed by atoms with Crippen molar-refractivity contribution in [2.75, 3.05) is 11.5 Å². The molecule has 108 valence electrons. The molecular formula is C14H19N3O2S. The fourth-order valence-electron chi connectivity index (χ4n) is 1.87. The smallest absolute Gasteiger partial charge is 0.257 e. The maximum Gasteiger partial charge on any atom is 0.257 e. The number of aromatic nitrogens is 1. The first-order chi connectivity index (χ1) is 9.62. The number of benzene rings is 1. The molecule has 0 saturated carbocycles. The average Bonchev–Trinajstić information content (AvgIpc) is 2.84. The molecule has 0 spiro atoms. The molecule has 1 aromatic heterocycles. The molecule has 0 unspecified atom stereocenters. The molecule has 0 aliphatic carbocycles. The average molecular weight is 293 g/mol. The summed E-state index contributed by atoms with van der Waals surface area (Å²) in [7, 11) is 0. The van der Waals surface area contributed by atoms with Crippen LogP contribution in [0.2, 0.25) is 0 Å². The summed E-state index contributed by atoms with van der Waals surface area (Å²) in [6, 6.07) is 5.55. The van der Waals surface area contributed by atoms with E-state index < -0.39 is 0 Å². The van der Waals surface area contributed by atoms with Crippen LogP contribution in [0.15, 0.2) is 27.8 Å². The molecule has 0 fully saturated rings. The highest BCUT2D eigenvalue weighted by molar-refractivity contribution is 7.99. The number of hydrogen-bond donors (Lipinski definition) is 2. The Morgan fingerprint density at radius 1 is 1.45 bits per heavy atom. The number of nitrogens with two attached hydrogens (primary N) is 1. The van der Waals surface area contributed by atoms with Crippen molar-refractivity contribution in [1.29, 1.82) is 0 Å². The molecular weight excluding hydrogens is 274 g/mol. The number of hydrogen-bond acceptors (Lipinski definition) is 5. The van der Waals surface area contributed by atoms with E-state index in [1.165, 1.54) is 11.8 Å². The fraction of sp³-hybridized carbons (Fsp3) is 0.429. The first-order valence-corrected chi connectivity index (χ1v) is 7.69. The molecule has 0 saturated heterocycles. The zero-order valence-electron chi connectivity index (χ0n) is 11.7. The zero-order valence-corrected chi connectivity index (χ0v) is 12.5. The number of nitrogens with one attached hydrogen (secondary N) is 1. The van der Waals surface area contributed by atoms with Crippen molar-refractivity contribution in [3.8, 4) is 0 Å². The van der Waals surface area contributed by atoms with Gasteiger partial charge in [0.1, 0.15) is 5.52 Å². The Morgan fingerprint density at radius 2 is 2.20 bits per heavy atom. The second kappa shape index (κ2) is 6.65. The summed E-state index contributed by atoms with van der Waals surface area (Å²) < 4.78 is 5.55. The van der Waals surface area contributed by atoms with Gasteiger partial charge in [0.25, 0.3) is 5.22 Å². The normalized spacial score (nSPS) is 11.2. The summed E-state index contributed by atoms with van der Waals surface area (Å²) in [6.45, 7) is 4.12. The van der Waals surface area contributed by atoms with Crippen molar-refractivity contribution >= 4 is 34.5 Å². The van der Waals surface area contributed by atoms with Gasteiger partial charge in [0, 0.05) is 11.7 Å². The Bertz CT molecular complexity index is 593. The van der Waals surface area contributed by atoms with E-state index >= 15 is 0 Å². The first kappa shape index (κ1) is 14.7. The van der Waals surface area contributed by atoms with E-state index in [2.05, 4.69) is 24.1 Å². The molecule has 1 heterocycles. The van der Waals surface area contributed by atoms with Crippen molar-refractivity contribution in [2.24, 2.45) is 0 Å². The number of nitrogens with zero attached hydrogens (tertiary/aromatic N) is 1. The monoisotopic (exact) mass is 293 g/mol. The standard InChI is InChI=1S/C14H19N3O2S/c1-3-10(4-2)16-13(18)8-20-14-17-11-7-9(15)5-6-12(11)19-14/h5-7,10H,3-4,8,15H2,1-2H3,(H,16,18). The Kier molecular flexibility index (Phi) is 4.89. The van der Waals surface area contributed by atoms with E-state index in [-0.39, 0.29) is 11.9 Å². The highest BCUT2D eigenvalue weighted by atomic mass is 32.2. The van der Waals surface area contributed by atoms with Gasteiger partial charge >= 0.3 is 0 Å². The Labute approximate surface area is 122 Å². The van der Waals surface area contributed by atoms with E-state index in [1.54, 1.807) is 18.2 Å². The third kappa shape index (κ3) is 3.66. The Hall–Kier alpha value is -1.69. The fourth-order valence-corrected chi connectivity index (χ4v) is 2.52. The Morgan fingerprint density at radius 3 is 2.90 bits per heavy atom. The molecule has 1 amide bonds. The van der Waals surface area contributed by atoms with Gasteiger partial charge < -0.3 is 15.5 Å². The van der Waals surface area contributed by atoms with Crippen LogP contribution in [0.3, 0.4) is 0 Å². The lowest BCUT2D eigenvalue weighted by Crippen LogP contribution is -2.34. The van der Waals surface area contributed by atoms with Crippen LogP contribution >= 0.6 is 11.8 Å². The summed E-state index contributed by atoms with van der Waals surface area (Å²) in [5.74, 6) is 0.309. The number of fused-ring (bicyclic) bond motifs is 1. The predicted octanol–water partition coefficient (Wildman–Crippen LogP) is 2.81. The van der Waals surface area contributed by atoms with E-state index in [0.717, 1.165) is 12.8 Å². The van der Waals surface area contributed by atoms with Crippen LogP contribution in [0, 0.1) is 0 Å². The topological polar surface area (TPSA) is 81.2 Å². The highest BCUT2D eigenvalue weighted by Gasteiger charge is 2.12. The SMILES string of the molecule is CCC(CC)NC(=O)CSc1nc2cc(N)ccc2o1. The lowest BCUT2D eigenvalue weighted by atomic mass is 10.2. The molecule has 0 aliphatic heterocycles. The molecule has 20 heavy (non-hydrogen) atoms. The number of oxazole rings is 1. The summed E-state index contributed by atoms with van der Waals surface area (Å²) in [4.78, 5) is 16.1. The third-order valence-corrected chi connectivity index (χ3v) is 3.90. The first-order valence-electron chi connectivity index (χ1n) is 6.70. The van der Waals surface area contributed by atoms with Crippen molar-refractivity contribution in [1.82, 2.24) is 10.3 Å². The summed E-state index contributed by atoms with van der Waals surface area (Å²) in [6.07, 6.45) is 1.88. The van der Waals surface area contributed by atoms with Crippen LogP contribution < -0.4 is 11.1 Å². The molecule has 1 aromatic carbocycles. The molecule has 0 radical (unpaired) electrons. The molecule has 5 nitrogen and oxygen atoms in total. The molecule has 6 heteroatoms. The summed E-state index contributed by atoms with van der Waals surface area (Å²) in [5, 5.41) is 3.47. The minimum atomic E-state index is 0.00506. The van der Waals surface area contributed by atoms with Gasteiger partial charge in [-0.15, -0.1) is 0 Å². The number of rotatable bonds is 6. The lowest BCUT2D eigenvalue weighted by Gasteiger charge is -2.13. The van der Waals surface area contributed by atoms with Crippen molar-refractivity contribution in [3.05, 3.63) is 18.2 Å². The van der Waals surface area contributed by atoms with Crippen LogP contribution in [0.25, 0.3) is 11.1 Å². The van der Waals surface area contributed by atoms with Crippen LogP contribution in [0.4, 0.5) is 5.69 Å². The van der Waals surface area contributed by atoms with Gasteiger partial charge in [0.05, 0.1) is 5.75 Å². The van der Waals surface area contributed by atoms with E-state index in [0.29, 0.717) is 27.8 Å². The largest absolute Gasteiger partial charge is 0.431 e. The van der Waals surface area contributed by atoms with Crippen LogP contribution in [0.1, 0.15) is 26.7 Å². The van der Waals surface area contributed by atoms with Gasteiger partial charge in [0.15, 0.2) is 5.58 Å². The number of nitrogen functional groups attached to an aromatic ring is 1. The van der Waals surface area contributed by atoms with Gasteiger partial charge in [0.2, 0.25) is 5.91 Å². The number of anilines is 1. The van der Waals surface area contributed by atoms with Gasteiger partial charge in [-0.1, -0.05) is 25.6 Å². The number of thioether (sulfide) groups is 1. The summed E-state index contributed by atoms with van der Waals surface area (Å²) in [5.41, 5.74) is 7.73. The predicted molar refractivity (Wildman–Crippen MR) is 81.7 cm³/mol. The molecule has 0 bridgehead atoms. The molecule has 2 aromatic rings. The molecule has 0 atom stereocenters. The summed E-state index contributed by atoms with van der Waals surface area (Å²) >= 11 is 1.29. The van der Waals surface area contributed by atoms with Crippen LogP contribution in [0.5, 0.6) is 0 Å². The number of carbonyl (C=O) groups is 1. The van der Waals surface area contributed by atoms with Crippen LogP contribution in [-0.4, -0.2) is 22.7 Å².